The number of amides is 1. The molecule has 1 fully saturated rings. The van der Waals surface area contributed by atoms with Crippen LogP contribution in [0.3, 0.4) is 0 Å². The maximum Gasteiger partial charge on any atom is 0.407 e. The van der Waals surface area contributed by atoms with Crippen LogP contribution in [0.15, 0.2) is 0 Å². The number of nitrogens with zero attached hydrogens (tertiary/aromatic N) is 1. The van der Waals surface area contributed by atoms with Crippen molar-refractivity contribution in [2.24, 2.45) is 0 Å². The number of hydrogen-bond donors (Lipinski definition) is 1. The van der Waals surface area contributed by atoms with Crippen molar-refractivity contribution in [2.75, 3.05) is 19.3 Å². The van der Waals surface area contributed by atoms with Crippen LogP contribution in [0, 0.1) is 0 Å². The van der Waals surface area contributed by atoms with Crippen LogP contribution in [0.5, 0.6) is 0 Å². The topological polar surface area (TPSA) is 41.6 Å². The molecule has 4 nitrogen and oxygen atoms in total. The second-order valence-corrected chi connectivity index (χ2v) is 5.25. The number of ether oxygens (including phenoxy) is 1. The first-order valence-electron chi connectivity index (χ1n) is 4.69. The Kier molecular flexibility index (Phi) is 3.66. The third kappa shape index (κ3) is 3.75. The molecule has 0 unspecified atom stereocenters. The van der Waals surface area contributed by atoms with Crippen molar-refractivity contribution in [1.82, 2.24) is 9.62 Å². The number of rotatable bonds is 2. The summed E-state index contributed by atoms with van der Waals surface area (Å²) in [7, 11) is 0. The highest BCUT2D eigenvalue weighted by Crippen LogP contribution is 2.16. The summed E-state index contributed by atoms with van der Waals surface area (Å²) >= 11 is 1.70. The lowest BCUT2D eigenvalue weighted by Crippen LogP contribution is -2.57. The highest BCUT2D eigenvalue weighted by Gasteiger charge is 2.28. The molecule has 1 rings (SSSR count). The highest BCUT2D eigenvalue weighted by molar-refractivity contribution is 7.96. The maximum atomic E-state index is 11.3. The molecule has 0 radical (unpaired) electrons. The van der Waals surface area contributed by atoms with Crippen LogP contribution >= 0.6 is 11.9 Å². The van der Waals surface area contributed by atoms with E-state index in [1.54, 1.807) is 11.9 Å². The fourth-order valence-corrected chi connectivity index (χ4v) is 1.81. The van der Waals surface area contributed by atoms with Gasteiger partial charge in [0, 0.05) is 13.1 Å². The lowest BCUT2D eigenvalue weighted by Gasteiger charge is -2.37. The summed E-state index contributed by atoms with van der Waals surface area (Å²) in [6, 6.07) is 0.247. The molecule has 5 heteroatoms. The van der Waals surface area contributed by atoms with Crippen LogP contribution in [-0.2, 0) is 4.74 Å². The number of carbonyl (C=O) groups is 1. The normalized spacial score (nSPS) is 18.9. The number of carbonyl (C=O) groups excluding carboxylic acids is 1. The highest BCUT2D eigenvalue weighted by atomic mass is 32.2. The van der Waals surface area contributed by atoms with Crippen LogP contribution in [0.2, 0.25) is 0 Å². The monoisotopic (exact) mass is 218 g/mol. The Hall–Kier alpha value is -0.420. The molecule has 0 spiro atoms. The van der Waals surface area contributed by atoms with E-state index in [-0.39, 0.29) is 12.1 Å². The summed E-state index contributed by atoms with van der Waals surface area (Å²) in [5.41, 5.74) is -0.410. The SMILES string of the molecule is CSN1CC(NC(=O)OC(C)(C)C)C1. The predicted octanol–water partition coefficient (Wildman–Crippen LogP) is 1.47. The lowest BCUT2D eigenvalue weighted by atomic mass is 10.2. The largest absolute Gasteiger partial charge is 0.444 e. The zero-order chi connectivity index (χ0) is 10.8. The van der Waals surface area contributed by atoms with Gasteiger partial charge in [0.15, 0.2) is 0 Å². The minimum atomic E-state index is -0.410. The van der Waals surface area contributed by atoms with Gasteiger partial charge < -0.3 is 10.1 Å². The minimum Gasteiger partial charge on any atom is -0.444 e. The molecule has 1 heterocycles. The van der Waals surface area contributed by atoms with Crippen molar-refractivity contribution >= 4 is 18.0 Å². The Balaban J connectivity index is 2.17. The van der Waals surface area contributed by atoms with Crippen LogP contribution in [0.25, 0.3) is 0 Å². The van der Waals surface area contributed by atoms with Crippen molar-refractivity contribution < 1.29 is 9.53 Å². The van der Waals surface area contributed by atoms with Gasteiger partial charge in [-0.2, -0.15) is 0 Å². The van der Waals surface area contributed by atoms with Crippen molar-refractivity contribution in [3.63, 3.8) is 0 Å². The third-order valence-electron chi connectivity index (χ3n) is 1.83. The van der Waals surface area contributed by atoms with Crippen molar-refractivity contribution in [2.45, 2.75) is 32.4 Å². The molecule has 0 saturated carbocycles. The Bertz CT molecular complexity index is 209. The van der Waals surface area contributed by atoms with E-state index in [1.807, 2.05) is 27.0 Å². The third-order valence-corrected chi connectivity index (χ3v) is 2.64. The summed E-state index contributed by atoms with van der Waals surface area (Å²) in [5.74, 6) is 0. The molecule has 1 amide bonds. The molecule has 0 aliphatic carbocycles. The molecule has 0 aromatic rings. The zero-order valence-electron chi connectivity index (χ0n) is 9.16. The molecular weight excluding hydrogens is 200 g/mol. The summed E-state index contributed by atoms with van der Waals surface area (Å²) in [5, 5.41) is 2.82. The number of hydrogen-bond acceptors (Lipinski definition) is 4. The molecule has 1 saturated heterocycles. The van der Waals surface area contributed by atoms with Gasteiger partial charge in [0.25, 0.3) is 0 Å². The van der Waals surface area contributed by atoms with Gasteiger partial charge in [-0.25, -0.2) is 9.10 Å². The smallest absolute Gasteiger partial charge is 0.407 e. The van der Waals surface area contributed by atoms with Crippen molar-refractivity contribution in [3.05, 3.63) is 0 Å². The number of alkyl carbamates (subject to hydrolysis) is 1. The summed E-state index contributed by atoms with van der Waals surface area (Å²) in [6.45, 7) is 7.39. The van der Waals surface area contributed by atoms with E-state index in [4.69, 9.17) is 4.74 Å². The van der Waals surface area contributed by atoms with Gasteiger partial charge in [-0.1, -0.05) is 11.9 Å². The number of nitrogens with one attached hydrogen (secondary N) is 1. The van der Waals surface area contributed by atoms with E-state index in [1.165, 1.54) is 0 Å². The molecule has 14 heavy (non-hydrogen) atoms. The first-order valence-corrected chi connectivity index (χ1v) is 5.87. The van der Waals surface area contributed by atoms with E-state index < -0.39 is 5.60 Å². The van der Waals surface area contributed by atoms with Crippen molar-refractivity contribution in [3.8, 4) is 0 Å². The fourth-order valence-electron chi connectivity index (χ4n) is 1.15. The fraction of sp³-hybridized carbons (Fsp3) is 0.889. The van der Waals surface area contributed by atoms with Gasteiger partial charge in [-0.05, 0) is 27.0 Å². The Morgan fingerprint density at radius 1 is 1.50 bits per heavy atom. The molecule has 1 aliphatic rings. The molecule has 0 aromatic carbocycles. The zero-order valence-corrected chi connectivity index (χ0v) is 9.98. The van der Waals surface area contributed by atoms with E-state index in [0.29, 0.717) is 0 Å². The first kappa shape index (κ1) is 11.7. The van der Waals surface area contributed by atoms with E-state index >= 15 is 0 Å². The Morgan fingerprint density at radius 2 is 2.07 bits per heavy atom. The molecular formula is C9H18N2O2S. The predicted molar refractivity (Wildman–Crippen MR) is 58.2 cm³/mol. The van der Waals surface area contributed by atoms with Crippen LogP contribution in [0.4, 0.5) is 4.79 Å². The average Bonchev–Trinajstić information content (AvgIpc) is 1.91. The van der Waals surface area contributed by atoms with E-state index in [9.17, 15) is 4.79 Å². The maximum absolute atomic E-state index is 11.3. The van der Waals surface area contributed by atoms with Crippen LogP contribution in [0.1, 0.15) is 20.8 Å². The van der Waals surface area contributed by atoms with Gasteiger partial charge in [0.2, 0.25) is 0 Å². The molecule has 0 aromatic heterocycles. The molecule has 0 atom stereocenters. The Labute approximate surface area is 89.5 Å². The van der Waals surface area contributed by atoms with Gasteiger partial charge in [-0.3, -0.25) is 0 Å². The minimum absolute atomic E-state index is 0.247. The molecule has 1 N–H and O–H groups in total. The molecule has 82 valence electrons. The summed E-state index contributed by atoms with van der Waals surface area (Å²) in [6.07, 6.45) is 1.72. The second-order valence-electron chi connectivity index (χ2n) is 4.37. The van der Waals surface area contributed by atoms with Gasteiger partial charge in [-0.15, -0.1) is 0 Å². The standard InChI is InChI=1S/C9H18N2O2S/c1-9(2,3)13-8(12)10-7-5-11(6-7)14-4/h7H,5-6H2,1-4H3,(H,10,12). The van der Waals surface area contributed by atoms with E-state index in [0.717, 1.165) is 13.1 Å². The van der Waals surface area contributed by atoms with Gasteiger partial charge >= 0.3 is 6.09 Å². The van der Waals surface area contributed by atoms with Crippen molar-refractivity contribution in [1.29, 1.82) is 0 Å². The van der Waals surface area contributed by atoms with Gasteiger partial charge in [0.05, 0.1) is 6.04 Å². The summed E-state index contributed by atoms with van der Waals surface area (Å²) in [4.78, 5) is 11.3. The second kappa shape index (κ2) is 4.40. The van der Waals surface area contributed by atoms with Crippen LogP contribution < -0.4 is 5.32 Å². The Morgan fingerprint density at radius 3 is 2.50 bits per heavy atom. The van der Waals surface area contributed by atoms with E-state index in [2.05, 4.69) is 9.62 Å². The average molecular weight is 218 g/mol. The van der Waals surface area contributed by atoms with Gasteiger partial charge in [0.1, 0.15) is 5.60 Å². The molecule has 1 aliphatic heterocycles. The quantitative estimate of drug-likeness (QED) is 0.713. The first-order chi connectivity index (χ1) is 6.40. The lowest BCUT2D eigenvalue weighted by molar-refractivity contribution is 0.0464. The molecule has 0 bridgehead atoms. The summed E-state index contributed by atoms with van der Waals surface area (Å²) < 4.78 is 7.32. The van der Waals surface area contributed by atoms with Crippen LogP contribution in [-0.4, -0.2) is 41.4 Å².